The molecule has 2 aliphatic rings. The van der Waals surface area contributed by atoms with E-state index in [0.717, 1.165) is 29.3 Å². The monoisotopic (exact) mass is 344 g/mol. The molecule has 0 bridgehead atoms. The van der Waals surface area contributed by atoms with Crippen molar-refractivity contribution in [2.45, 2.75) is 24.3 Å². The van der Waals surface area contributed by atoms with Crippen molar-refractivity contribution in [3.8, 4) is 0 Å². The van der Waals surface area contributed by atoms with E-state index < -0.39 is 0 Å². The van der Waals surface area contributed by atoms with Crippen molar-refractivity contribution in [3.63, 3.8) is 0 Å². The van der Waals surface area contributed by atoms with Gasteiger partial charge in [0.1, 0.15) is 0 Å². The first-order valence-corrected chi connectivity index (χ1v) is 9.48. The summed E-state index contributed by atoms with van der Waals surface area (Å²) in [5.41, 5.74) is 2.66. The van der Waals surface area contributed by atoms with E-state index in [0.29, 0.717) is 18.5 Å². The molecule has 0 aliphatic carbocycles. The highest BCUT2D eigenvalue weighted by molar-refractivity contribution is 7.99. The van der Waals surface area contributed by atoms with Crippen LogP contribution in [0.4, 0.5) is 5.69 Å². The molecule has 1 N–H and O–H groups in total. The van der Waals surface area contributed by atoms with Crippen molar-refractivity contribution in [1.82, 2.24) is 4.90 Å². The third-order valence-corrected chi connectivity index (χ3v) is 6.28. The Labute approximate surface area is 142 Å². The summed E-state index contributed by atoms with van der Waals surface area (Å²) in [6.45, 7) is 1.43. The highest BCUT2D eigenvalue weighted by Crippen LogP contribution is 2.32. The van der Waals surface area contributed by atoms with Gasteiger partial charge < -0.3 is 10.2 Å². The van der Waals surface area contributed by atoms with Crippen molar-refractivity contribution in [3.05, 3.63) is 45.6 Å². The Morgan fingerprint density at radius 1 is 1.22 bits per heavy atom. The van der Waals surface area contributed by atoms with E-state index in [1.165, 1.54) is 10.4 Å². The quantitative estimate of drug-likeness (QED) is 0.863. The third-order valence-electron chi connectivity index (χ3n) is 4.18. The van der Waals surface area contributed by atoms with Crippen LogP contribution in [0.1, 0.15) is 27.2 Å². The van der Waals surface area contributed by atoms with E-state index in [2.05, 4.69) is 16.8 Å². The molecule has 6 heteroatoms. The van der Waals surface area contributed by atoms with Crippen molar-refractivity contribution >= 4 is 40.6 Å². The maximum absolute atomic E-state index is 12.8. The molecule has 0 saturated heterocycles. The zero-order valence-electron chi connectivity index (χ0n) is 12.5. The van der Waals surface area contributed by atoms with Crippen molar-refractivity contribution < 1.29 is 9.59 Å². The summed E-state index contributed by atoms with van der Waals surface area (Å²) in [5, 5.41) is 4.99. The van der Waals surface area contributed by atoms with Gasteiger partial charge in [0.15, 0.2) is 0 Å². The number of fused-ring (bicyclic) bond motifs is 2. The summed E-state index contributed by atoms with van der Waals surface area (Å²) < 4.78 is 0. The number of hydrogen-bond donors (Lipinski definition) is 1. The number of nitrogens with one attached hydrogen (secondary N) is 1. The highest BCUT2D eigenvalue weighted by atomic mass is 32.2. The summed E-state index contributed by atoms with van der Waals surface area (Å²) in [6, 6.07) is 7.73. The van der Waals surface area contributed by atoms with Gasteiger partial charge in [-0.25, -0.2) is 0 Å². The Morgan fingerprint density at radius 2 is 2.13 bits per heavy atom. The fourth-order valence-corrected chi connectivity index (χ4v) is 4.78. The largest absolute Gasteiger partial charge is 0.334 e. The fourth-order valence-electron chi connectivity index (χ4n) is 2.96. The number of nitrogens with zero attached hydrogens (tertiary/aromatic N) is 1. The van der Waals surface area contributed by atoms with E-state index in [-0.39, 0.29) is 11.8 Å². The van der Waals surface area contributed by atoms with Gasteiger partial charge in [0.05, 0.1) is 5.69 Å². The average Bonchev–Trinajstić information content (AvgIpc) is 2.94. The number of thioether (sulfide) groups is 1. The number of thiophene rings is 1. The van der Waals surface area contributed by atoms with Crippen LogP contribution in [0.15, 0.2) is 34.5 Å². The van der Waals surface area contributed by atoms with E-state index in [4.69, 9.17) is 0 Å². The Morgan fingerprint density at radius 3 is 3.04 bits per heavy atom. The van der Waals surface area contributed by atoms with Crippen LogP contribution in [0.25, 0.3) is 0 Å². The molecule has 0 radical (unpaired) electrons. The number of anilines is 1. The topological polar surface area (TPSA) is 49.4 Å². The lowest BCUT2D eigenvalue weighted by atomic mass is 10.1. The second kappa shape index (κ2) is 6.02. The van der Waals surface area contributed by atoms with Gasteiger partial charge in [0, 0.05) is 40.6 Å². The summed E-state index contributed by atoms with van der Waals surface area (Å²) in [5.74, 6) is 0.828. The van der Waals surface area contributed by atoms with Gasteiger partial charge in [-0.3, -0.25) is 9.59 Å². The first-order valence-electron chi connectivity index (χ1n) is 7.62. The van der Waals surface area contributed by atoms with E-state index in [1.807, 2.05) is 23.1 Å². The minimum absolute atomic E-state index is 0.0155. The molecular formula is C17H16N2O2S2. The van der Waals surface area contributed by atoms with Crippen LogP contribution in [0.3, 0.4) is 0 Å². The van der Waals surface area contributed by atoms with Gasteiger partial charge in [0.2, 0.25) is 5.91 Å². The lowest BCUT2D eigenvalue weighted by Crippen LogP contribution is -2.35. The number of benzene rings is 1. The minimum Gasteiger partial charge on any atom is -0.334 e. The third kappa shape index (κ3) is 2.88. The maximum Gasteiger partial charge on any atom is 0.254 e. The van der Waals surface area contributed by atoms with Gasteiger partial charge >= 0.3 is 0 Å². The molecule has 2 aromatic rings. The second-order valence-corrected chi connectivity index (χ2v) is 7.84. The molecule has 0 unspecified atom stereocenters. The molecule has 0 atom stereocenters. The predicted octanol–water partition coefficient (Wildman–Crippen LogP) is 3.38. The molecule has 1 aromatic carbocycles. The summed E-state index contributed by atoms with van der Waals surface area (Å²) in [7, 11) is 0. The Kier molecular flexibility index (Phi) is 3.87. The molecular weight excluding hydrogens is 328 g/mol. The zero-order valence-corrected chi connectivity index (χ0v) is 14.1. The van der Waals surface area contributed by atoms with E-state index >= 15 is 0 Å². The summed E-state index contributed by atoms with van der Waals surface area (Å²) in [4.78, 5) is 28.8. The van der Waals surface area contributed by atoms with Crippen LogP contribution < -0.4 is 5.32 Å². The SMILES string of the molecule is O=C1CCSc2ccc(C(=O)N3CCc4sccc4C3)cc2N1. The van der Waals surface area contributed by atoms with Crippen LogP contribution in [-0.2, 0) is 17.8 Å². The number of carbonyl (C=O) groups is 2. The molecule has 23 heavy (non-hydrogen) atoms. The van der Waals surface area contributed by atoms with Gasteiger partial charge in [-0.2, -0.15) is 0 Å². The van der Waals surface area contributed by atoms with Gasteiger partial charge in [0.25, 0.3) is 5.91 Å². The van der Waals surface area contributed by atoms with E-state index in [9.17, 15) is 9.59 Å². The molecule has 2 aliphatic heterocycles. The molecule has 2 amide bonds. The summed E-state index contributed by atoms with van der Waals surface area (Å²) >= 11 is 3.42. The Balaban J connectivity index is 1.59. The molecule has 3 heterocycles. The number of hydrogen-bond acceptors (Lipinski definition) is 4. The van der Waals surface area contributed by atoms with Crippen molar-refractivity contribution in [1.29, 1.82) is 0 Å². The fraction of sp³-hybridized carbons (Fsp3) is 0.294. The number of amides is 2. The second-order valence-electron chi connectivity index (χ2n) is 5.70. The molecule has 4 nitrogen and oxygen atoms in total. The van der Waals surface area contributed by atoms with Gasteiger partial charge in [-0.1, -0.05) is 0 Å². The van der Waals surface area contributed by atoms with Crippen molar-refractivity contribution in [2.24, 2.45) is 0 Å². The van der Waals surface area contributed by atoms with Gasteiger partial charge in [-0.05, 0) is 41.6 Å². The lowest BCUT2D eigenvalue weighted by Gasteiger charge is -2.27. The minimum atomic E-state index is 0.0155. The molecule has 4 rings (SSSR count). The number of carbonyl (C=O) groups excluding carboxylic acids is 2. The zero-order chi connectivity index (χ0) is 15.8. The van der Waals surface area contributed by atoms with Crippen molar-refractivity contribution in [2.75, 3.05) is 17.6 Å². The van der Waals surface area contributed by atoms with Crippen LogP contribution in [0.2, 0.25) is 0 Å². The van der Waals surface area contributed by atoms with Gasteiger partial charge in [-0.15, -0.1) is 23.1 Å². The van der Waals surface area contributed by atoms with E-state index in [1.54, 1.807) is 23.1 Å². The molecule has 118 valence electrons. The van der Waals surface area contributed by atoms with Crippen LogP contribution in [0, 0.1) is 0 Å². The van der Waals surface area contributed by atoms with Crippen LogP contribution >= 0.6 is 23.1 Å². The molecule has 0 fully saturated rings. The first kappa shape index (κ1) is 14.8. The smallest absolute Gasteiger partial charge is 0.254 e. The molecule has 1 aromatic heterocycles. The van der Waals surface area contributed by atoms with Crippen LogP contribution in [-0.4, -0.2) is 29.0 Å². The standard InChI is InChI=1S/C17H16N2O2S2/c20-16-5-8-23-15-2-1-11(9-13(15)18-16)17(21)19-6-3-14-12(10-19)4-7-22-14/h1-2,4,7,9H,3,5-6,8,10H2,(H,18,20). The lowest BCUT2D eigenvalue weighted by molar-refractivity contribution is -0.115. The molecule has 0 saturated carbocycles. The maximum atomic E-state index is 12.8. The Bertz CT molecular complexity index is 785. The normalized spacial score (nSPS) is 17.0. The first-order chi connectivity index (χ1) is 11.2. The van der Waals surface area contributed by atoms with Crippen LogP contribution in [0.5, 0.6) is 0 Å². The Hall–Kier alpha value is -1.79. The summed E-state index contributed by atoms with van der Waals surface area (Å²) in [6.07, 6.45) is 1.44. The predicted molar refractivity (Wildman–Crippen MR) is 93.2 cm³/mol. The average molecular weight is 344 g/mol. The number of rotatable bonds is 1. The molecule has 0 spiro atoms. The highest BCUT2D eigenvalue weighted by Gasteiger charge is 2.23.